The summed E-state index contributed by atoms with van der Waals surface area (Å²) in [5, 5.41) is 0. The zero-order valence-electron chi connectivity index (χ0n) is 8.57. The van der Waals surface area contributed by atoms with E-state index in [-0.39, 0.29) is 17.1 Å². The molecule has 16 heavy (non-hydrogen) atoms. The molecule has 0 aliphatic heterocycles. The Morgan fingerprint density at radius 1 is 0.875 bits per heavy atom. The lowest BCUT2D eigenvalue weighted by Crippen LogP contribution is -2.03. The van der Waals surface area contributed by atoms with Gasteiger partial charge in [0.15, 0.2) is 0 Å². The summed E-state index contributed by atoms with van der Waals surface area (Å²) in [6, 6.07) is 10.5. The number of rotatable bonds is 1. The highest BCUT2D eigenvalue weighted by Gasteiger charge is 2.13. The molecular weight excluding hydrogens is 205 g/mol. The monoisotopic (exact) mass is 217 g/mol. The molecule has 0 fully saturated rings. The molecule has 0 amide bonds. The first-order chi connectivity index (χ1) is 7.61. The van der Waals surface area contributed by atoms with E-state index in [0.29, 0.717) is 5.56 Å². The number of nitrogens with two attached hydrogens (primary N) is 3. The molecule has 0 bridgehead atoms. The minimum Gasteiger partial charge on any atom is -0.398 e. The van der Waals surface area contributed by atoms with E-state index in [1.54, 1.807) is 0 Å². The average molecular weight is 217 g/mol. The SMILES string of the molecule is Nc1cc(F)c(N)c(N)c1-c1ccccc1. The van der Waals surface area contributed by atoms with Crippen molar-refractivity contribution < 1.29 is 4.39 Å². The van der Waals surface area contributed by atoms with Crippen molar-refractivity contribution in [3.8, 4) is 11.1 Å². The van der Waals surface area contributed by atoms with Gasteiger partial charge in [-0.25, -0.2) is 4.39 Å². The molecule has 2 aromatic carbocycles. The van der Waals surface area contributed by atoms with Crippen LogP contribution in [0.3, 0.4) is 0 Å². The third kappa shape index (κ3) is 1.54. The summed E-state index contributed by atoms with van der Waals surface area (Å²) >= 11 is 0. The van der Waals surface area contributed by atoms with Crippen LogP contribution in [-0.2, 0) is 0 Å². The van der Waals surface area contributed by atoms with E-state index < -0.39 is 5.82 Å². The Morgan fingerprint density at radius 2 is 1.50 bits per heavy atom. The van der Waals surface area contributed by atoms with E-state index in [0.717, 1.165) is 5.56 Å². The third-order valence-electron chi connectivity index (χ3n) is 2.45. The van der Waals surface area contributed by atoms with Gasteiger partial charge in [-0.1, -0.05) is 30.3 Å². The number of anilines is 3. The van der Waals surface area contributed by atoms with Crippen LogP contribution in [0, 0.1) is 5.82 Å². The smallest absolute Gasteiger partial charge is 0.150 e. The fraction of sp³-hybridized carbons (Fsp3) is 0. The molecule has 2 aromatic rings. The van der Waals surface area contributed by atoms with Crippen LogP contribution in [0.5, 0.6) is 0 Å². The Kier molecular flexibility index (Phi) is 2.40. The van der Waals surface area contributed by atoms with Crippen molar-refractivity contribution in [3.63, 3.8) is 0 Å². The zero-order valence-corrected chi connectivity index (χ0v) is 8.57. The van der Waals surface area contributed by atoms with E-state index in [4.69, 9.17) is 17.2 Å². The quantitative estimate of drug-likeness (QED) is 0.641. The average Bonchev–Trinajstić information content (AvgIpc) is 2.28. The molecule has 0 heterocycles. The number of hydrogen-bond donors (Lipinski definition) is 3. The predicted octanol–water partition coefficient (Wildman–Crippen LogP) is 2.24. The van der Waals surface area contributed by atoms with Crippen LogP contribution in [0.2, 0.25) is 0 Å². The van der Waals surface area contributed by atoms with Gasteiger partial charge in [0.1, 0.15) is 5.82 Å². The van der Waals surface area contributed by atoms with Gasteiger partial charge in [0.2, 0.25) is 0 Å². The van der Waals surface area contributed by atoms with Crippen molar-refractivity contribution in [2.45, 2.75) is 0 Å². The van der Waals surface area contributed by atoms with Gasteiger partial charge in [-0.2, -0.15) is 0 Å². The van der Waals surface area contributed by atoms with E-state index in [1.165, 1.54) is 6.07 Å². The van der Waals surface area contributed by atoms with Crippen molar-refractivity contribution in [2.24, 2.45) is 0 Å². The number of nitrogen functional groups attached to an aromatic ring is 3. The fourth-order valence-corrected chi connectivity index (χ4v) is 1.63. The lowest BCUT2D eigenvalue weighted by Gasteiger charge is -2.12. The topological polar surface area (TPSA) is 78.1 Å². The largest absolute Gasteiger partial charge is 0.398 e. The second-order valence-corrected chi connectivity index (χ2v) is 3.52. The van der Waals surface area contributed by atoms with Gasteiger partial charge < -0.3 is 17.2 Å². The molecule has 0 spiro atoms. The minimum atomic E-state index is -0.588. The van der Waals surface area contributed by atoms with Crippen LogP contribution < -0.4 is 17.2 Å². The molecule has 82 valence electrons. The van der Waals surface area contributed by atoms with E-state index in [2.05, 4.69) is 0 Å². The molecule has 4 heteroatoms. The highest BCUT2D eigenvalue weighted by Crippen LogP contribution is 2.36. The molecule has 0 atom stereocenters. The molecule has 6 N–H and O–H groups in total. The van der Waals surface area contributed by atoms with Crippen LogP contribution in [-0.4, -0.2) is 0 Å². The molecule has 2 rings (SSSR count). The number of halogens is 1. The molecule has 0 saturated carbocycles. The van der Waals surface area contributed by atoms with E-state index in [1.807, 2.05) is 30.3 Å². The first kappa shape index (κ1) is 10.3. The van der Waals surface area contributed by atoms with Crippen LogP contribution in [0.25, 0.3) is 11.1 Å². The Labute approximate surface area is 92.7 Å². The summed E-state index contributed by atoms with van der Waals surface area (Å²) in [5.74, 6) is -0.588. The van der Waals surface area contributed by atoms with Crippen molar-refractivity contribution in [1.29, 1.82) is 0 Å². The molecule has 0 unspecified atom stereocenters. The van der Waals surface area contributed by atoms with Crippen LogP contribution >= 0.6 is 0 Å². The van der Waals surface area contributed by atoms with Crippen LogP contribution in [0.1, 0.15) is 0 Å². The van der Waals surface area contributed by atoms with Crippen molar-refractivity contribution >= 4 is 17.1 Å². The molecule has 0 aliphatic rings. The molecule has 0 aromatic heterocycles. The van der Waals surface area contributed by atoms with E-state index >= 15 is 0 Å². The highest BCUT2D eigenvalue weighted by molar-refractivity contribution is 5.92. The molecule has 0 radical (unpaired) electrons. The molecule has 3 nitrogen and oxygen atoms in total. The minimum absolute atomic E-state index is 0.0620. The standard InChI is InChI=1S/C12H12FN3/c13-8-6-9(14)10(12(16)11(8)15)7-4-2-1-3-5-7/h1-6H,14-16H2. The van der Waals surface area contributed by atoms with Gasteiger partial charge in [-0.15, -0.1) is 0 Å². The first-order valence-corrected chi connectivity index (χ1v) is 4.79. The van der Waals surface area contributed by atoms with Gasteiger partial charge in [-0.3, -0.25) is 0 Å². The normalized spacial score (nSPS) is 10.3. The van der Waals surface area contributed by atoms with Crippen molar-refractivity contribution in [3.05, 3.63) is 42.2 Å². The highest BCUT2D eigenvalue weighted by atomic mass is 19.1. The first-order valence-electron chi connectivity index (χ1n) is 4.79. The summed E-state index contributed by atoms with van der Waals surface area (Å²) in [6.07, 6.45) is 0. The van der Waals surface area contributed by atoms with Crippen molar-refractivity contribution in [2.75, 3.05) is 17.2 Å². The Hall–Kier alpha value is -2.23. The second kappa shape index (κ2) is 3.73. The summed E-state index contributed by atoms with van der Waals surface area (Å²) < 4.78 is 13.3. The van der Waals surface area contributed by atoms with Gasteiger partial charge in [0.25, 0.3) is 0 Å². The molecule has 0 saturated heterocycles. The summed E-state index contributed by atoms with van der Waals surface area (Å²) in [6.45, 7) is 0. The Morgan fingerprint density at radius 3 is 2.12 bits per heavy atom. The fourth-order valence-electron chi connectivity index (χ4n) is 1.63. The van der Waals surface area contributed by atoms with Crippen LogP contribution in [0.4, 0.5) is 21.5 Å². The third-order valence-corrected chi connectivity index (χ3v) is 2.45. The van der Waals surface area contributed by atoms with Gasteiger partial charge >= 0.3 is 0 Å². The summed E-state index contributed by atoms with van der Waals surface area (Å²) in [4.78, 5) is 0. The lowest BCUT2D eigenvalue weighted by molar-refractivity contribution is 0.634. The van der Waals surface area contributed by atoms with Crippen molar-refractivity contribution in [1.82, 2.24) is 0 Å². The molecular formula is C12H12FN3. The van der Waals surface area contributed by atoms with Crippen LogP contribution in [0.15, 0.2) is 36.4 Å². The lowest BCUT2D eigenvalue weighted by atomic mass is 10.0. The van der Waals surface area contributed by atoms with Gasteiger partial charge in [0, 0.05) is 11.3 Å². The van der Waals surface area contributed by atoms with Gasteiger partial charge in [0.05, 0.1) is 11.4 Å². The second-order valence-electron chi connectivity index (χ2n) is 3.52. The molecule has 0 aliphatic carbocycles. The maximum atomic E-state index is 13.3. The maximum absolute atomic E-state index is 13.3. The summed E-state index contributed by atoms with van der Waals surface area (Å²) in [7, 11) is 0. The summed E-state index contributed by atoms with van der Waals surface area (Å²) in [5.41, 5.74) is 18.9. The van der Waals surface area contributed by atoms with Gasteiger partial charge in [-0.05, 0) is 11.6 Å². The Bertz CT molecular complexity index is 524. The number of benzene rings is 2. The number of hydrogen-bond acceptors (Lipinski definition) is 3. The zero-order chi connectivity index (χ0) is 11.7. The van der Waals surface area contributed by atoms with E-state index in [9.17, 15) is 4.39 Å². The predicted molar refractivity (Wildman–Crippen MR) is 65.1 cm³/mol. The maximum Gasteiger partial charge on any atom is 0.150 e. The Balaban J connectivity index is 2.71.